The van der Waals surface area contributed by atoms with Crippen LogP contribution < -0.4 is 10.6 Å². The van der Waals surface area contributed by atoms with E-state index in [4.69, 9.17) is 0 Å². The molecule has 88 valence electrons. The predicted octanol–water partition coefficient (Wildman–Crippen LogP) is -0.0903. The van der Waals surface area contributed by atoms with E-state index in [0.717, 1.165) is 6.54 Å². The van der Waals surface area contributed by atoms with Gasteiger partial charge in [0.1, 0.15) is 6.04 Å². The first kappa shape index (κ1) is 13.9. The Hall–Kier alpha value is -1.10. The van der Waals surface area contributed by atoms with Gasteiger partial charge in [0, 0.05) is 12.5 Å². The third kappa shape index (κ3) is 5.37. The van der Waals surface area contributed by atoms with E-state index in [9.17, 15) is 9.59 Å². The van der Waals surface area contributed by atoms with Gasteiger partial charge in [-0.3, -0.25) is 4.79 Å². The van der Waals surface area contributed by atoms with Crippen LogP contribution in [0.1, 0.15) is 20.8 Å². The zero-order chi connectivity index (χ0) is 11.8. The van der Waals surface area contributed by atoms with Crippen LogP contribution in [0.25, 0.3) is 0 Å². The summed E-state index contributed by atoms with van der Waals surface area (Å²) < 4.78 is 4.50. The zero-order valence-electron chi connectivity index (χ0n) is 9.79. The fraction of sp³-hybridized carbons (Fsp3) is 0.800. The molecule has 0 saturated heterocycles. The summed E-state index contributed by atoms with van der Waals surface area (Å²) >= 11 is 0. The largest absolute Gasteiger partial charge is 0.467 e. The molecule has 0 saturated carbocycles. The highest BCUT2D eigenvalue weighted by molar-refractivity contribution is 5.85. The Labute approximate surface area is 90.6 Å². The monoisotopic (exact) mass is 216 g/mol. The zero-order valence-corrected chi connectivity index (χ0v) is 9.79. The van der Waals surface area contributed by atoms with Gasteiger partial charge in [-0.2, -0.15) is 0 Å². The summed E-state index contributed by atoms with van der Waals surface area (Å²) in [7, 11) is 1.30. The van der Waals surface area contributed by atoms with Crippen LogP contribution in [0.15, 0.2) is 0 Å². The number of esters is 1. The Bertz CT molecular complexity index is 219. The summed E-state index contributed by atoms with van der Waals surface area (Å²) in [6.45, 7) is 6.81. The van der Waals surface area contributed by atoms with Crippen molar-refractivity contribution >= 4 is 11.9 Å². The molecule has 0 bridgehead atoms. The maximum absolute atomic E-state index is 11.5. The quantitative estimate of drug-likeness (QED) is 0.609. The van der Waals surface area contributed by atoms with Gasteiger partial charge < -0.3 is 15.4 Å². The van der Waals surface area contributed by atoms with Gasteiger partial charge in [0.05, 0.1) is 7.11 Å². The van der Waals surface area contributed by atoms with E-state index in [1.165, 1.54) is 7.11 Å². The molecule has 2 N–H and O–H groups in total. The molecule has 5 nitrogen and oxygen atoms in total. The molecule has 0 spiro atoms. The molecular weight excluding hydrogens is 196 g/mol. The molecule has 1 amide bonds. The summed E-state index contributed by atoms with van der Waals surface area (Å²) in [6, 6.07) is -0.591. The Morgan fingerprint density at radius 1 is 1.33 bits per heavy atom. The lowest BCUT2D eigenvalue weighted by Gasteiger charge is -2.15. The van der Waals surface area contributed by atoms with Gasteiger partial charge in [-0.05, 0) is 13.5 Å². The number of rotatable bonds is 6. The summed E-state index contributed by atoms with van der Waals surface area (Å²) in [5, 5.41) is 5.65. The van der Waals surface area contributed by atoms with Gasteiger partial charge in [0.15, 0.2) is 0 Å². The van der Waals surface area contributed by atoms with Gasteiger partial charge in [0.25, 0.3) is 0 Å². The van der Waals surface area contributed by atoms with Crippen molar-refractivity contribution in [3.8, 4) is 0 Å². The molecule has 5 heteroatoms. The molecular formula is C10H20N2O3. The average Bonchev–Trinajstić information content (AvgIpc) is 2.24. The van der Waals surface area contributed by atoms with Gasteiger partial charge in [0.2, 0.25) is 5.91 Å². The van der Waals surface area contributed by atoms with Crippen molar-refractivity contribution in [2.24, 2.45) is 5.92 Å². The van der Waals surface area contributed by atoms with Crippen molar-refractivity contribution in [2.45, 2.75) is 26.8 Å². The van der Waals surface area contributed by atoms with Crippen molar-refractivity contribution in [3.05, 3.63) is 0 Å². The molecule has 0 aliphatic rings. The standard InChI is InChI=1S/C10H20N2O3/c1-5-11-6-7(2)9(13)12-8(3)10(14)15-4/h7-8,11H,5-6H2,1-4H3,(H,12,13)/t7?,8-/m0/s1. The lowest BCUT2D eigenvalue weighted by atomic mass is 10.1. The molecule has 0 rings (SSSR count). The summed E-state index contributed by atoms with van der Waals surface area (Å²) in [4.78, 5) is 22.6. The molecule has 0 aliphatic carbocycles. The second-order valence-corrected chi connectivity index (χ2v) is 3.46. The van der Waals surface area contributed by atoms with Crippen LogP contribution >= 0.6 is 0 Å². The number of ether oxygens (including phenoxy) is 1. The molecule has 0 radical (unpaired) electrons. The van der Waals surface area contributed by atoms with E-state index >= 15 is 0 Å². The smallest absolute Gasteiger partial charge is 0.328 e. The van der Waals surface area contributed by atoms with Gasteiger partial charge in [-0.25, -0.2) is 4.79 Å². The van der Waals surface area contributed by atoms with Crippen molar-refractivity contribution in [2.75, 3.05) is 20.2 Å². The Kier molecular flexibility index (Phi) is 6.70. The molecule has 0 aromatic rings. The summed E-state index contributed by atoms with van der Waals surface area (Å²) in [5.41, 5.74) is 0. The van der Waals surface area contributed by atoms with E-state index < -0.39 is 12.0 Å². The number of hydrogen-bond acceptors (Lipinski definition) is 4. The number of nitrogens with one attached hydrogen (secondary N) is 2. The highest BCUT2D eigenvalue weighted by Gasteiger charge is 2.19. The van der Waals surface area contributed by atoms with Crippen LogP contribution in [0.5, 0.6) is 0 Å². The van der Waals surface area contributed by atoms with E-state index in [-0.39, 0.29) is 11.8 Å². The minimum Gasteiger partial charge on any atom is -0.467 e. The third-order valence-corrected chi connectivity index (χ3v) is 2.06. The normalized spacial score (nSPS) is 14.1. The molecule has 0 fully saturated rings. The molecule has 0 heterocycles. The molecule has 0 aromatic carbocycles. The van der Waals surface area contributed by atoms with E-state index in [1.807, 2.05) is 13.8 Å². The van der Waals surface area contributed by atoms with Crippen molar-refractivity contribution in [3.63, 3.8) is 0 Å². The van der Waals surface area contributed by atoms with Crippen LogP contribution in [0.4, 0.5) is 0 Å². The van der Waals surface area contributed by atoms with Crippen LogP contribution in [-0.2, 0) is 14.3 Å². The average molecular weight is 216 g/mol. The molecule has 0 aromatic heterocycles. The highest BCUT2D eigenvalue weighted by Crippen LogP contribution is 1.95. The molecule has 0 aliphatic heterocycles. The second kappa shape index (κ2) is 7.23. The van der Waals surface area contributed by atoms with Crippen LogP contribution in [0.3, 0.4) is 0 Å². The SMILES string of the molecule is CCNCC(C)C(=O)N[C@@H](C)C(=O)OC. The first-order valence-electron chi connectivity index (χ1n) is 5.11. The van der Waals surface area contributed by atoms with E-state index in [0.29, 0.717) is 6.54 Å². The number of methoxy groups -OCH3 is 1. The van der Waals surface area contributed by atoms with Crippen LogP contribution in [0.2, 0.25) is 0 Å². The maximum atomic E-state index is 11.5. The molecule has 2 atom stereocenters. The maximum Gasteiger partial charge on any atom is 0.328 e. The topological polar surface area (TPSA) is 67.4 Å². The fourth-order valence-electron chi connectivity index (χ4n) is 1.04. The van der Waals surface area contributed by atoms with Crippen molar-refractivity contribution < 1.29 is 14.3 Å². The first-order chi connectivity index (χ1) is 7.02. The first-order valence-corrected chi connectivity index (χ1v) is 5.11. The lowest BCUT2D eigenvalue weighted by molar-refractivity contribution is -0.144. The number of carbonyl (C=O) groups excluding carboxylic acids is 2. The summed E-state index contributed by atoms with van der Waals surface area (Å²) in [5.74, 6) is -0.732. The molecule has 15 heavy (non-hydrogen) atoms. The minimum absolute atomic E-state index is 0.145. The van der Waals surface area contributed by atoms with Crippen molar-refractivity contribution in [1.29, 1.82) is 0 Å². The highest BCUT2D eigenvalue weighted by atomic mass is 16.5. The number of carbonyl (C=O) groups is 2. The Morgan fingerprint density at radius 2 is 1.93 bits per heavy atom. The predicted molar refractivity (Wildman–Crippen MR) is 57.3 cm³/mol. The summed E-state index contributed by atoms with van der Waals surface area (Å²) in [6.07, 6.45) is 0. The van der Waals surface area contributed by atoms with Crippen LogP contribution in [-0.4, -0.2) is 38.1 Å². The minimum atomic E-state index is -0.591. The molecule has 1 unspecified atom stereocenters. The number of amides is 1. The van der Waals surface area contributed by atoms with Gasteiger partial charge in [-0.15, -0.1) is 0 Å². The fourth-order valence-corrected chi connectivity index (χ4v) is 1.04. The van der Waals surface area contributed by atoms with Gasteiger partial charge >= 0.3 is 5.97 Å². The van der Waals surface area contributed by atoms with E-state index in [1.54, 1.807) is 6.92 Å². The Morgan fingerprint density at radius 3 is 2.40 bits per heavy atom. The van der Waals surface area contributed by atoms with E-state index in [2.05, 4.69) is 15.4 Å². The van der Waals surface area contributed by atoms with Crippen molar-refractivity contribution in [1.82, 2.24) is 10.6 Å². The van der Waals surface area contributed by atoms with Crippen LogP contribution in [0, 0.1) is 5.92 Å². The third-order valence-electron chi connectivity index (χ3n) is 2.06. The van der Waals surface area contributed by atoms with Gasteiger partial charge in [-0.1, -0.05) is 13.8 Å². The lowest BCUT2D eigenvalue weighted by Crippen LogP contribution is -2.43. The Balaban J connectivity index is 3.95. The number of hydrogen-bond donors (Lipinski definition) is 2. The second-order valence-electron chi connectivity index (χ2n) is 3.46.